The Balaban J connectivity index is 1.63. The van der Waals surface area contributed by atoms with Crippen LogP contribution in [-0.2, 0) is 9.59 Å². The van der Waals surface area contributed by atoms with E-state index in [1.54, 1.807) is 31.4 Å². The fraction of sp³-hybridized carbons (Fsp3) is 0.429. The lowest BCUT2D eigenvalue weighted by molar-refractivity contribution is -0.138. The van der Waals surface area contributed by atoms with Gasteiger partial charge in [0.15, 0.2) is 0 Å². The number of methoxy groups -OCH3 is 1. The number of rotatable bonds is 3. The smallest absolute Gasteiger partial charge is 0.315 e. The van der Waals surface area contributed by atoms with Crippen molar-refractivity contribution in [2.45, 2.75) is 12.8 Å². The van der Waals surface area contributed by atoms with Crippen molar-refractivity contribution in [3.8, 4) is 11.5 Å². The molecular formula is C14H14O4. The summed E-state index contributed by atoms with van der Waals surface area (Å²) in [5, 5.41) is 0. The number of hydrogen-bond acceptors (Lipinski definition) is 4. The van der Waals surface area contributed by atoms with Gasteiger partial charge in [0.2, 0.25) is 0 Å². The van der Waals surface area contributed by atoms with E-state index in [1.165, 1.54) is 0 Å². The van der Waals surface area contributed by atoms with E-state index in [0.29, 0.717) is 17.9 Å². The Kier molecular flexibility index (Phi) is 2.58. The van der Waals surface area contributed by atoms with Gasteiger partial charge in [-0.15, -0.1) is 0 Å². The summed E-state index contributed by atoms with van der Waals surface area (Å²) in [6.07, 6.45) is 1.47. The number of esters is 1. The first kappa shape index (κ1) is 11.3. The molecule has 0 spiro atoms. The summed E-state index contributed by atoms with van der Waals surface area (Å²) < 4.78 is 10.3. The van der Waals surface area contributed by atoms with E-state index in [9.17, 15) is 9.59 Å². The Hall–Kier alpha value is -1.84. The molecule has 0 amide bonds. The molecule has 2 aliphatic carbocycles. The van der Waals surface area contributed by atoms with Gasteiger partial charge in [-0.05, 0) is 36.6 Å². The SMILES string of the molecule is COc1ccc(OC(=O)[C@H]2[C@@H]3CCC(=O)[C@@H]32)cc1. The molecule has 0 bridgehead atoms. The van der Waals surface area contributed by atoms with Crippen molar-refractivity contribution in [3.05, 3.63) is 24.3 Å². The summed E-state index contributed by atoms with van der Waals surface area (Å²) >= 11 is 0. The van der Waals surface area contributed by atoms with Crippen LogP contribution >= 0.6 is 0 Å². The van der Waals surface area contributed by atoms with E-state index < -0.39 is 0 Å². The van der Waals surface area contributed by atoms with Crippen molar-refractivity contribution in [2.24, 2.45) is 17.8 Å². The first-order chi connectivity index (χ1) is 8.70. The lowest BCUT2D eigenvalue weighted by atomic mass is 10.1. The number of carbonyl (C=O) groups is 2. The predicted octanol–water partition coefficient (Wildman–Crippen LogP) is 1.83. The van der Waals surface area contributed by atoms with Crippen LogP contribution in [0.15, 0.2) is 24.3 Å². The number of Topliss-reactive ketones (excluding diaryl/α,β-unsaturated/α-hetero) is 1. The van der Waals surface area contributed by atoms with Crippen LogP contribution in [0.4, 0.5) is 0 Å². The summed E-state index contributed by atoms with van der Waals surface area (Å²) in [7, 11) is 1.58. The maximum Gasteiger partial charge on any atom is 0.315 e. The number of fused-ring (bicyclic) bond motifs is 1. The highest BCUT2D eigenvalue weighted by atomic mass is 16.5. The molecule has 3 atom stereocenters. The van der Waals surface area contributed by atoms with Gasteiger partial charge in [0.1, 0.15) is 17.3 Å². The lowest BCUT2D eigenvalue weighted by Crippen LogP contribution is -2.15. The number of ketones is 1. The fourth-order valence-electron chi connectivity index (χ4n) is 2.80. The summed E-state index contributed by atoms with van der Waals surface area (Å²) in [5.41, 5.74) is 0. The van der Waals surface area contributed by atoms with Crippen molar-refractivity contribution in [2.75, 3.05) is 7.11 Å². The van der Waals surface area contributed by atoms with Gasteiger partial charge in [-0.1, -0.05) is 0 Å². The van der Waals surface area contributed by atoms with E-state index in [-0.39, 0.29) is 29.5 Å². The van der Waals surface area contributed by atoms with E-state index in [2.05, 4.69) is 0 Å². The van der Waals surface area contributed by atoms with Crippen molar-refractivity contribution in [3.63, 3.8) is 0 Å². The zero-order valence-corrected chi connectivity index (χ0v) is 10.1. The van der Waals surface area contributed by atoms with Gasteiger partial charge in [0, 0.05) is 12.3 Å². The molecule has 0 radical (unpaired) electrons. The van der Waals surface area contributed by atoms with Gasteiger partial charge >= 0.3 is 5.97 Å². The molecule has 94 valence electrons. The van der Waals surface area contributed by atoms with Crippen LogP contribution in [0.1, 0.15) is 12.8 Å². The summed E-state index contributed by atoms with van der Waals surface area (Å²) in [6.45, 7) is 0. The van der Waals surface area contributed by atoms with Gasteiger partial charge in [0.25, 0.3) is 0 Å². The molecule has 4 heteroatoms. The molecule has 2 saturated carbocycles. The van der Waals surface area contributed by atoms with Crippen LogP contribution in [0.25, 0.3) is 0 Å². The Morgan fingerprint density at radius 2 is 1.89 bits per heavy atom. The quantitative estimate of drug-likeness (QED) is 0.603. The molecule has 0 N–H and O–H groups in total. The molecule has 3 rings (SSSR count). The van der Waals surface area contributed by atoms with Gasteiger partial charge in [-0.2, -0.15) is 0 Å². The maximum absolute atomic E-state index is 11.9. The first-order valence-corrected chi connectivity index (χ1v) is 6.09. The molecule has 1 aromatic rings. The minimum absolute atomic E-state index is 0.0595. The molecule has 1 aromatic carbocycles. The highest BCUT2D eigenvalue weighted by molar-refractivity contribution is 5.95. The average Bonchev–Trinajstić information content (AvgIpc) is 3.01. The third-order valence-electron chi connectivity index (χ3n) is 3.81. The topological polar surface area (TPSA) is 52.6 Å². The van der Waals surface area contributed by atoms with Crippen molar-refractivity contribution in [1.29, 1.82) is 0 Å². The van der Waals surface area contributed by atoms with Crippen LogP contribution in [0, 0.1) is 17.8 Å². The lowest BCUT2D eigenvalue weighted by Gasteiger charge is -2.06. The molecule has 0 saturated heterocycles. The van der Waals surface area contributed by atoms with Gasteiger partial charge < -0.3 is 9.47 Å². The second kappa shape index (κ2) is 4.12. The number of benzene rings is 1. The third-order valence-corrected chi connectivity index (χ3v) is 3.81. The average molecular weight is 246 g/mol. The molecule has 0 unspecified atom stereocenters. The van der Waals surface area contributed by atoms with E-state index >= 15 is 0 Å². The molecule has 0 heterocycles. The van der Waals surface area contributed by atoms with Gasteiger partial charge in [-0.3, -0.25) is 9.59 Å². The van der Waals surface area contributed by atoms with Crippen LogP contribution in [-0.4, -0.2) is 18.9 Å². The second-order valence-corrected chi connectivity index (χ2v) is 4.82. The minimum Gasteiger partial charge on any atom is -0.497 e. The van der Waals surface area contributed by atoms with E-state index in [4.69, 9.17) is 9.47 Å². The van der Waals surface area contributed by atoms with Crippen LogP contribution in [0.2, 0.25) is 0 Å². The van der Waals surface area contributed by atoms with Crippen LogP contribution in [0.5, 0.6) is 11.5 Å². The van der Waals surface area contributed by atoms with Crippen LogP contribution in [0.3, 0.4) is 0 Å². The Bertz CT molecular complexity index is 491. The zero-order chi connectivity index (χ0) is 12.7. The summed E-state index contributed by atoms with van der Waals surface area (Å²) in [4.78, 5) is 23.3. The van der Waals surface area contributed by atoms with Crippen molar-refractivity contribution < 1.29 is 19.1 Å². The first-order valence-electron chi connectivity index (χ1n) is 6.09. The molecule has 2 aliphatic rings. The van der Waals surface area contributed by atoms with Crippen molar-refractivity contribution >= 4 is 11.8 Å². The monoisotopic (exact) mass is 246 g/mol. The highest BCUT2D eigenvalue weighted by Crippen LogP contribution is 2.55. The Morgan fingerprint density at radius 1 is 1.22 bits per heavy atom. The number of carbonyl (C=O) groups excluding carboxylic acids is 2. The fourth-order valence-corrected chi connectivity index (χ4v) is 2.80. The molecule has 4 nitrogen and oxygen atoms in total. The minimum atomic E-state index is -0.275. The molecule has 2 fully saturated rings. The second-order valence-electron chi connectivity index (χ2n) is 4.82. The third kappa shape index (κ3) is 1.78. The van der Waals surface area contributed by atoms with Gasteiger partial charge in [0.05, 0.1) is 13.0 Å². The number of hydrogen-bond donors (Lipinski definition) is 0. The van der Waals surface area contributed by atoms with Crippen LogP contribution < -0.4 is 9.47 Å². The Labute approximate surface area is 105 Å². The van der Waals surface area contributed by atoms with Gasteiger partial charge in [-0.25, -0.2) is 0 Å². The van der Waals surface area contributed by atoms with E-state index in [1.807, 2.05) is 0 Å². The largest absolute Gasteiger partial charge is 0.497 e. The summed E-state index contributed by atoms with van der Waals surface area (Å²) in [5.74, 6) is 1.14. The molecule has 18 heavy (non-hydrogen) atoms. The molecular weight excluding hydrogens is 232 g/mol. The number of ether oxygens (including phenoxy) is 2. The Morgan fingerprint density at radius 3 is 2.44 bits per heavy atom. The maximum atomic E-state index is 11.9. The normalized spacial score (nSPS) is 28.7. The standard InChI is InChI=1S/C14H14O4/c1-17-8-2-4-9(5-3-8)18-14(16)13-10-6-7-11(15)12(10)13/h2-5,10,12-13H,6-7H2,1H3/t10-,12-,13+/m1/s1. The van der Waals surface area contributed by atoms with E-state index in [0.717, 1.165) is 6.42 Å². The zero-order valence-electron chi connectivity index (χ0n) is 10.1. The summed E-state index contributed by atoms with van der Waals surface area (Å²) in [6, 6.07) is 6.86. The molecule has 0 aromatic heterocycles. The highest BCUT2D eigenvalue weighted by Gasteiger charge is 2.62. The molecule has 0 aliphatic heterocycles. The van der Waals surface area contributed by atoms with Crippen molar-refractivity contribution in [1.82, 2.24) is 0 Å². The predicted molar refractivity (Wildman–Crippen MR) is 63.3 cm³/mol.